The van der Waals surface area contributed by atoms with Crippen LogP contribution >= 0.6 is 0 Å². The van der Waals surface area contributed by atoms with Crippen LogP contribution in [0, 0.1) is 0 Å². The Morgan fingerprint density at radius 1 is 1.00 bits per heavy atom. The molecule has 0 aliphatic heterocycles. The number of aliphatic carboxylic acids is 1. The molecule has 0 aliphatic carbocycles. The number of ether oxygens (including phenoxy) is 3. The minimum absolute atomic E-state index is 0.0906. The number of benzene rings is 2. The van der Waals surface area contributed by atoms with Gasteiger partial charge in [-0.1, -0.05) is 6.07 Å². The van der Waals surface area contributed by atoms with Gasteiger partial charge in [0.25, 0.3) is 0 Å². The molecule has 0 spiro atoms. The maximum absolute atomic E-state index is 11.7. The molecule has 0 bridgehead atoms. The summed E-state index contributed by atoms with van der Waals surface area (Å²) in [6.07, 6.45) is 1.51. The largest absolute Gasteiger partial charge is 0.497 e. The van der Waals surface area contributed by atoms with Crippen LogP contribution in [0.4, 0.5) is 5.69 Å². The summed E-state index contributed by atoms with van der Waals surface area (Å²) in [5.74, 6) is 0.505. The van der Waals surface area contributed by atoms with Gasteiger partial charge in [0.15, 0.2) is 11.5 Å². The van der Waals surface area contributed by atoms with E-state index >= 15 is 0 Å². The number of nitrogen functional groups attached to an aromatic ring is 1. The fraction of sp³-hybridized carbons (Fsp3) is 0.167. The van der Waals surface area contributed by atoms with E-state index in [1.165, 1.54) is 27.4 Å². The van der Waals surface area contributed by atoms with E-state index in [0.717, 1.165) is 0 Å². The Morgan fingerprint density at radius 3 is 2.25 bits per heavy atom. The van der Waals surface area contributed by atoms with E-state index in [-0.39, 0.29) is 5.57 Å². The number of nitrogens with two attached hydrogens (primary N) is 1. The van der Waals surface area contributed by atoms with Gasteiger partial charge >= 0.3 is 5.97 Å². The number of hydrogen-bond acceptors (Lipinski definition) is 5. The van der Waals surface area contributed by atoms with E-state index in [0.29, 0.717) is 34.1 Å². The Bertz CT molecular complexity index is 783. The smallest absolute Gasteiger partial charge is 0.336 e. The summed E-state index contributed by atoms with van der Waals surface area (Å²) in [5, 5.41) is 9.56. The van der Waals surface area contributed by atoms with Gasteiger partial charge in [-0.2, -0.15) is 0 Å². The van der Waals surface area contributed by atoms with Crippen molar-refractivity contribution in [3.8, 4) is 17.2 Å². The van der Waals surface area contributed by atoms with Crippen molar-refractivity contribution in [3.63, 3.8) is 0 Å². The lowest BCUT2D eigenvalue weighted by molar-refractivity contribution is -0.130. The lowest BCUT2D eigenvalue weighted by Gasteiger charge is -2.11. The quantitative estimate of drug-likeness (QED) is 0.481. The molecule has 6 nitrogen and oxygen atoms in total. The molecule has 0 heterocycles. The molecule has 0 saturated heterocycles. The van der Waals surface area contributed by atoms with Crippen LogP contribution in [0.25, 0.3) is 11.6 Å². The molecule has 6 heteroatoms. The molecule has 0 radical (unpaired) electrons. The van der Waals surface area contributed by atoms with E-state index in [2.05, 4.69) is 0 Å². The van der Waals surface area contributed by atoms with Gasteiger partial charge < -0.3 is 25.1 Å². The van der Waals surface area contributed by atoms with Crippen LogP contribution < -0.4 is 19.9 Å². The number of rotatable bonds is 6. The second-order valence-electron chi connectivity index (χ2n) is 4.93. The van der Waals surface area contributed by atoms with Crippen molar-refractivity contribution in [2.45, 2.75) is 0 Å². The molecule has 24 heavy (non-hydrogen) atoms. The Balaban J connectivity index is 2.52. The first kappa shape index (κ1) is 17.2. The van der Waals surface area contributed by atoms with E-state index in [9.17, 15) is 9.90 Å². The van der Waals surface area contributed by atoms with Crippen LogP contribution in [0.1, 0.15) is 11.1 Å². The van der Waals surface area contributed by atoms with Crippen molar-refractivity contribution < 1.29 is 24.1 Å². The van der Waals surface area contributed by atoms with E-state index < -0.39 is 5.97 Å². The lowest BCUT2D eigenvalue weighted by Crippen LogP contribution is -2.01. The highest BCUT2D eigenvalue weighted by Crippen LogP contribution is 2.32. The SMILES string of the molecule is COc1ccc(C=C(C(=O)O)c2ccc(OC)c(OC)c2)c(N)c1. The number of methoxy groups -OCH3 is 3. The van der Waals surface area contributed by atoms with Crippen LogP contribution in [0.5, 0.6) is 17.2 Å². The zero-order chi connectivity index (χ0) is 17.7. The molecule has 0 unspecified atom stereocenters. The predicted octanol–water partition coefficient (Wildman–Crippen LogP) is 2.92. The first-order valence-corrected chi connectivity index (χ1v) is 7.11. The summed E-state index contributed by atoms with van der Waals surface area (Å²) in [4.78, 5) is 11.7. The first-order chi connectivity index (χ1) is 11.5. The number of carboxylic acid groups (broad SMARTS) is 1. The summed E-state index contributed by atoms with van der Waals surface area (Å²) in [6, 6.07) is 9.98. The first-order valence-electron chi connectivity index (χ1n) is 7.11. The summed E-state index contributed by atoms with van der Waals surface area (Å²) >= 11 is 0. The molecule has 0 saturated carbocycles. The number of carbonyl (C=O) groups is 1. The minimum Gasteiger partial charge on any atom is -0.497 e. The summed E-state index contributed by atoms with van der Waals surface area (Å²) < 4.78 is 15.5. The molecule has 2 aromatic carbocycles. The van der Waals surface area contributed by atoms with Gasteiger partial charge in [-0.3, -0.25) is 0 Å². The molecule has 0 amide bonds. The topological polar surface area (TPSA) is 91.0 Å². The van der Waals surface area contributed by atoms with Crippen molar-refractivity contribution in [2.24, 2.45) is 0 Å². The Morgan fingerprint density at radius 2 is 1.71 bits per heavy atom. The van der Waals surface area contributed by atoms with Gasteiger partial charge in [0, 0.05) is 11.8 Å². The molecule has 0 aliphatic rings. The van der Waals surface area contributed by atoms with Gasteiger partial charge in [0.1, 0.15) is 5.75 Å². The van der Waals surface area contributed by atoms with Crippen LogP contribution in [-0.4, -0.2) is 32.4 Å². The van der Waals surface area contributed by atoms with Crippen molar-refractivity contribution in [3.05, 3.63) is 47.5 Å². The third-order valence-corrected chi connectivity index (χ3v) is 3.52. The highest BCUT2D eigenvalue weighted by atomic mass is 16.5. The number of anilines is 1. The van der Waals surface area contributed by atoms with Gasteiger partial charge in [-0.25, -0.2) is 4.79 Å². The third kappa shape index (κ3) is 3.60. The zero-order valence-corrected chi connectivity index (χ0v) is 13.7. The second kappa shape index (κ2) is 7.41. The maximum Gasteiger partial charge on any atom is 0.336 e. The molecule has 0 aromatic heterocycles. The van der Waals surface area contributed by atoms with Crippen molar-refractivity contribution in [2.75, 3.05) is 27.1 Å². The fourth-order valence-corrected chi connectivity index (χ4v) is 2.24. The summed E-state index contributed by atoms with van der Waals surface area (Å²) in [7, 11) is 4.55. The predicted molar refractivity (Wildman–Crippen MR) is 92.5 cm³/mol. The van der Waals surface area contributed by atoms with Crippen molar-refractivity contribution >= 4 is 23.3 Å². The van der Waals surface area contributed by atoms with E-state index in [4.69, 9.17) is 19.9 Å². The molecule has 126 valence electrons. The highest BCUT2D eigenvalue weighted by molar-refractivity contribution is 6.21. The molecule has 3 N–H and O–H groups in total. The Labute approximate surface area is 140 Å². The van der Waals surface area contributed by atoms with Gasteiger partial charge in [0.2, 0.25) is 0 Å². The van der Waals surface area contributed by atoms with Crippen LogP contribution in [-0.2, 0) is 4.79 Å². The summed E-state index contributed by atoms with van der Waals surface area (Å²) in [5.41, 5.74) is 7.55. The van der Waals surface area contributed by atoms with Crippen molar-refractivity contribution in [1.82, 2.24) is 0 Å². The van der Waals surface area contributed by atoms with Gasteiger partial charge in [-0.15, -0.1) is 0 Å². The Kier molecular flexibility index (Phi) is 5.31. The standard InChI is InChI=1S/C18H19NO5/c1-22-13-6-4-12(15(19)10-13)8-14(18(20)21)11-5-7-16(23-2)17(9-11)24-3/h4-10H,19H2,1-3H3,(H,20,21). The number of hydrogen-bond donors (Lipinski definition) is 2. The monoisotopic (exact) mass is 329 g/mol. The van der Waals surface area contributed by atoms with E-state index in [1.54, 1.807) is 36.4 Å². The van der Waals surface area contributed by atoms with Crippen LogP contribution in [0.2, 0.25) is 0 Å². The third-order valence-electron chi connectivity index (χ3n) is 3.52. The van der Waals surface area contributed by atoms with Gasteiger partial charge in [-0.05, 0) is 41.5 Å². The summed E-state index contributed by atoms with van der Waals surface area (Å²) in [6.45, 7) is 0. The fourth-order valence-electron chi connectivity index (χ4n) is 2.24. The van der Waals surface area contributed by atoms with Crippen LogP contribution in [0.3, 0.4) is 0 Å². The zero-order valence-electron chi connectivity index (χ0n) is 13.7. The highest BCUT2D eigenvalue weighted by Gasteiger charge is 2.14. The minimum atomic E-state index is -1.07. The molecule has 2 aromatic rings. The molecule has 0 fully saturated rings. The molecular formula is C18H19NO5. The average Bonchev–Trinajstić information content (AvgIpc) is 2.59. The Hall–Kier alpha value is -3.15. The lowest BCUT2D eigenvalue weighted by atomic mass is 10.0. The number of carboxylic acids is 1. The van der Waals surface area contributed by atoms with Crippen molar-refractivity contribution in [1.29, 1.82) is 0 Å². The van der Waals surface area contributed by atoms with Gasteiger partial charge in [0.05, 0.1) is 26.9 Å². The van der Waals surface area contributed by atoms with E-state index in [1.807, 2.05) is 0 Å². The normalized spacial score (nSPS) is 11.0. The second-order valence-corrected chi connectivity index (χ2v) is 4.93. The molecule has 2 rings (SSSR count). The van der Waals surface area contributed by atoms with Crippen LogP contribution in [0.15, 0.2) is 36.4 Å². The maximum atomic E-state index is 11.7. The average molecular weight is 329 g/mol. The molecule has 0 atom stereocenters. The molecular weight excluding hydrogens is 310 g/mol.